The van der Waals surface area contributed by atoms with Gasteiger partial charge in [-0.25, -0.2) is 4.79 Å². The summed E-state index contributed by atoms with van der Waals surface area (Å²) in [6.07, 6.45) is 0. The van der Waals surface area contributed by atoms with Crippen molar-refractivity contribution in [2.24, 2.45) is 0 Å². The Bertz CT molecular complexity index is 866. The lowest BCUT2D eigenvalue weighted by atomic mass is 9.92. The third kappa shape index (κ3) is 3.23. The van der Waals surface area contributed by atoms with E-state index in [9.17, 15) is 14.4 Å². The third-order valence-corrected chi connectivity index (χ3v) is 4.77. The summed E-state index contributed by atoms with van der Waals surface area (Å²) in [5.41, 5.74) is -0.650. The molecular weight excluding hydrogens is 358 g/mol. The summed E-state index contributed by atoms with van der Waals surface area (Å²) in [5, 5.41) is 13.8. The highest BCUT2D eigenvalue weighted by Crippen LogP contribution is 2.30. The van der Waals surface area contributed by atoms with Crippen LogP contribution in [0.3, 0.4) is 0 Å². The van der Waals surface area contributed by atoms with Gasteiger partial charge in [-0.3, -0.25) is 19.8 Å². The molecular formula is C16H17N5O4S. The Balaban J connectivity index is 1.74. The van der Waals surface area contributed by atoms with Gasteiger partial charge in [0, 0.05) is 0 Å². The number of nitrogens with one attached hydrogen (secondary N) is 2. The summed E-state index contributed by atoms with van der Waals surface area (Å²) in [5.74, 6) is -0.391. The first-order valence-corrected chi connectivity index (χ1v) is 8.54. The quantitative estimate of drug-likeness (QED) is 0.761. The van der Waals surface area contributed by atoms with Crippen LogP contribution >= 0.6 is 11.3 Å². The normalized spacial score (nSPS) is 19.4. The average Bonchev–Trinajstić information content (AvgIpc) is 3.11. The zero-order valence-electron chi connectivity index (χ0n) is 14.4. The van der Waals surface area contributed by atoms with Gasteiger partial charge in [0.1, 0.15) is 22.8 Å². The molecule has 10 heteroatoms. The number of hydrogen-bond acceptors (Lipinski definition) is 7. The number of methoxy groups -OCH3 is 1. The molecule has 1 atom stereocenters. The molecule has 2 aromatic rings. The monoisotopic (exact) mass is 375 g/mol. The number of carbonyl (C=O) groups is 3. The molecule has 0 bridgehead atoms. The molecule has 1 fully saturated rings. The maximum atomic E-state index is 12.8. The van der Waals surface area contributed by atoms with Crippen LogP contribution in [0.5, 0.6) is 5.75 Å². The van der Waals surface area contributed by atoms with Crippen molar-refractivity contribution >= 4 is 34.3 Å². The molecule has 1 aromatic carbocycles. The lowest BCUT2D eigenvalue weighted by Gasteiger charge is -2.22. The Morgan fingerprint density at radius 2 is 2.00 bits per heavy atom. The molecule has 136 valence electrons. The van der Waals surface area contributed by atoms with Crippen LogP contribution in [-0.2, 0) is 15.1 Å². The van der Waals surface area contributed by atoms with Crippen molar-refractivity contribution in [3.63, 3.8) is 0 Å². The molecule has 0 aliphatic carbocycles. The first kappa shape index (κ1) is 17.8. The highest BCUT2D eigenvalue weighted by atomic mass is 32.1. The van der Waals surface area contributed by atoms with Crippen LogP contribution in [0.2, 0.25) is 0 Å². The van der Waals surface area contributed by atoms with Crippen molar-refractivity contribution in [2.75, 3.05) is 19.0 Å². The lowest BCUT2D eigenvalue weighted by molar-refractivity contribution is -0.133. The molecule has 1 aromatic heterocycles. The average molecular weight is 375 g/mol. The Morgan fingerprint density at radius 3 is 2.58 bits per heavy atom. The second kappa shape index (κ2) is 6.71. The number of urea groups is 1. The van der Waals surface area contributed by atoms with Crippen molar-refractivity contribution in [2.45, 2.75) is 19.4 Å². The van der Waals surface area contributed by atoms with Crippen LogP contribution < -0.4 is 15.4 Å². The summed E-state index contributed by atoms with van der Waals surface area (Å²) in [6, 6.07) is 6.17. The SMILES string of the molecule is COc1ccc([C@@]2(C)NC(=O)N(CC(=O)Nc3nnc(C)s3)C2=O)cc1. The van der Waals surface area contributed by atoms with Crippen molar-refractivity contribution in [3.8, 4) is 5.75 Å². The molecule has 2 heterocycles. The van der Waals surface area contributed by atoms with Gasteiger partial charge in [-0.15, -0.1) is 10.2 Å². The van der Waals surface area contributed by atoms with E-state index in [1.165, 1.54) is 11.3 Å². The van der Waals surface area contributed by atoms with E-state index >= 15 is 0 Å². The number of nitrogens with zero attached hydrogens (tertiary/aromatic N) is 3. The fourth-order valence-corrected chi connectivity index (χ4v) is 3.22. The van der Waals surface area contributed by atoms with E-state index in [-0.39, 0.29) is 0 Å². The first-order chi connectivity index (χ1) is 12.3. The fraction of sp³-hybridized carbons (Fsp3) is 0.312. The van der Waals surface area contributed by atoms with E-state index < -0.39 is 29.9 Å². The van der Waals surface area contributed by atoms with Gasteiger partial charge in [-0.2, -0.15) is 0 Å². The van der Waals surface area contributed by atoms with Crippen LogP contribution in [0.15, 0.2) is 24.3 Å². The van der Waals surface area contributed by atoms with E-state index in [1.807, 2.05) is 0 Å². The van der Waals surface area contributed by atoms with Crippen LogP contribution in [0.4, 0.5) is 9.93 Å². The molecule has 0 saturated carbocycles. The predicted molar refractivity (Wildman–Crippen MR) is 93.9 cm³/mol. The van der Waals surface area contributed by atoms with Crippen LogP contribution in [0, 0.1) is 6.92 Å². The van der Waals surface area contributed by atoms with Crippen LogP contribution in [-0.4, -0.2) is 46.6 Å². The number of ether oxygens (including phenoxy) is 1. The molecule has 26 heavy (non-hydrogen) atoms. The third-order valence-electron chi connectivity index (χ3n) is 4.02. The van der Waals surface area contributed by atoms with Gasteiger partial charge in [-0.05, 0) is 31.5 Å². The van der Waals surface area contributed by atoms with Crippen molar-refractivity contribution in [1.82, 2.24) is 20.4 Å². The first-order valence-electron chi connectivity index (χ1n) is 7.72. The van der Waals surface area contributed by atoms with Crippen molar-refractivity contribution in [1.29, 1.82) is 0 Å². The van der Waals surface area contributed by atoms with E-state index in [1.54, 1.807) is 45.2 Å². The van der Waals surface area contributed by atoms with Gasteiger partial charge in [0.15, 0.2) is 0 Å². The summed E-state index contributed by atoms with van der Waals surface area (Å²) < 4.78 is 5.10. The summed E-state index contributed by atoms with van der Waals surface area (Å²) in [4.78, 5) is 38.1. The predicted octanol–water partition coefficient (Wildman–Crippen LogP) is 1.26. The van der Waals surface area contributed by atoms with Gasteiger partial charge in [0.2, 0.25) is 11.0 Å². The minimum absolute atomic E-state index is 0.317. The highest BCUT2D eigenvalue weighted by Gasteiger charge is 2.49. The highest BCUT2D eigenvalue weighted by molar-refractivity contribution is 7.15. The maximum Gasteiger partial charge on any atom is 0.325 e. The van der Waals surface area contributed by atoms with Gasteiger partial charge in [-0.1, -0.05) is 23.5 Å². The molecule has 0 unspecified atom stereocenters. The standard InChI is InChI=1S/C16H17N5O4S/c1-9-19-20-14(26-9)17-12(22)8-21-13(23)16(2,18-15(21)24)10-4-6-11(25-3)7-5-10/h4-7H,8H2,1-3H3,(H,18,24)(H,17,20,22)/t16-/m1/s1. The zero-order chi connectivity index (χ0) is 18.9. The number of benzene rings is 1. The minimum atomic E-state index is -1.25. The smallest absolute Gasteiger partial charge is 0.325 e. The molecule has 9 nitrogen and oxygen atoms in total. The summed E-state index contributed by atoms with van der Waals surface area (Å²) in [6.45, 7) is 2.95. The number of imide groups is 1. The Morgan fingerprint density at radius 1 is 1.31 bits per heavy atom. The van der Waals surface area contributed by atoms with E-state index in [4.69, 9.17) is 4.74 Å². The van der Waals surface area contributed by atoms with E-state index in [0.29, 0.717) is 21.5 Å². The number of amides is 4. The number of anilines is 1. The van der Waals surface area contributed by atoms with Gasteiger partial charge < -0.3 is 10.1 Å². The largest absolute Gasteiger partial charge is 0.497 e. The molecule has 2 N–H and O–H groups in total. The second-order valence-corrected chi connectivity index (χ2v) is 7.03. The fourth-order valence-electron chi connectivity index (χ4n) is 2.61. The molecule has 0 spiro atoms. The Labute approximate surface area is 153 Å². The number of aromatic nitrogens is 2. The number of carbonyl (C=O) groups excluding carboxylic acids is 3. The number of aryl methyl sites for hydroxylation is 1. The van der Waals surface area contributed by atoms with Crippen LogP contribution in [0.25, 0.3) is 0 Å². The van der Waals surface area contributed by atoms with Crippen LogP contribution in [0.1, 0.15) is 17.5 Å². The van der Waals surface area contributed by atoms with E-state index in [0.717, 1.165) is 4.90 Å². The zero-order valence-corrected chi connectivity index (χ0v) is 15.2. The molecule has 1 aliphatic rings. The van der Waals surface area contributed by atoms with Crippen molar-refractivity contribution < 1.29 is 19.1 Å². The molecule has 1 saturated heterocycles. The van der Waals surface area contributed by atoms with Gasteiger partial charge in [0.05, 0.1) is 7.11 Å². The van der Waals surface area contributed by atoms with Gasteiger partial charge >= 0.3 is 6.03 Å². The van der Waals surface area contributed by atoms with Crippen molar-refractivity contribution in [3.05, 3.63) is 34.8 Å². The molecule has 3 rings (SSSR count). The minimum Gasteiger partial charge on any atom is -0.497 e. The lowest BCUT2D eigenvalue weighted by Crippen LogP contribution is -2.42. The molecule has 4 amide bonds. The van der Waals surface area contributed by atoms with Gasteiger partial charge in [0.25, 0.3) is 5.91 Å². The topological polar surface area (TPSA) is 114 Å². The molecule has 0 radical (unpaired) electrons. The van der Waals surface area contributed by atoms with E-state index in [2.05, 4.69) is 20.8 Å². The number of rotatable bonds is 5. The Hall–Kier alpha value is -3.01. The second-order valence-electron chi connectivity index (χ2n) is 5.85. The summed E-state index contributed by atoms with van der Waals surface area (Å²) in [7, 11) is 1.54. The maximum absolute atomic E-state index is 12.8. The Kier molecular flexibility index (Phi) is 4.60. The molecule has 1 aliphatic heterocycles. The summed E-state index contributed by atoms with van der Waals surface area (Å²) >= 11 is 1.21. The number of hydrogen-bond donors (Lipinski definition) is 2.